The molecular weight excluding hydrogens is 417 g/mol. The molecule has 0 unspecified atom stereocenters. The van der Waals surface area contributed by atoms with Gasteiger partial charge in [0.1, 0.15) is 12.4 Å². The summed E-state index contributed by atoms with van der Waals surface area (Å²) < 4.78 is 43.9. The van der Waals surface area contributed by atoms with Gasteiger partial charge in [0.15, 0.2) is 0 Å². The van der Waals surface area contributed by atoms with Gasteiger partial charge in [-0.1, -0.05) is 35.9 Å². The van der Waals surface area contributed by atoms with Crippen LogP contribution < -0.4 is 10.2 Å². The number of alkyl halides is 3. The number of halogens is 4. The van der Waals surface area contributed by atoms with Gasteiger partial charge in [0.05, 0.1) is 11.8 Å². The van der Waals surface area contributed by atoms with Gasteiger partial charge < -0.3 is 4.74 Å². The highest BCUT2D eigenvalue weighted by Gasteiger charge is 2.30. The molecule has 0 heterocycles. The van der Waals surface area contributed by atoms with E-state index in [0.717, 1.165) is 17.7 Å². The maximum absolute atomic E-state index is 12.7. The molecular formula is C22H16ClF3N2O2. The highest BCUT2D eigenvalue weighted by Crippen LogP contribution is 2.29. The maximum atomic E-state index is 12.7. The van der Waals surface area contributed by atoms with Gasteiger partial charge in [0.25, 0.3) is 5.91 Å². The minimum Gasteiger partial charge on any atom is -0.489 e. The Morgan fingerprint density at radius 1 is 1.03 bits per heavy atom. The SMILES string of the molecule is O=C(NN=Cc1ccc(OCc2ccccc2Cl)cc1)c1cccc(C(F)(F)F)c1. The predicted octanol–water partition coefficient (Wildman–Crippen LogP) is 5.70. The molecule has 1 amide bonds. The average Bonchev–Trinajstić information content (AvgIpc) is 2.73. The molecule has 0 atom stereocenters. The lowest BCUT2D eigenvalue weighted by atomic mass is 10.1. The molecule has 0 saturated carbocycles. The Labute approximate surface area is 175 Å². The Bertz CT molecular complexity index is 1050. The van der Waals surface area contributed by atoms with E-state index in [0.29, 0.717) is 22.9 Å². The van der Waals surface area contributed by atoms with Gasteiger partial charge in [-0.2, -0.15) is 18.3 Å². The van der Waals surface area contributed by atoms with Gasteiger partial charge in [-0.05, 0) is 54.1 Å². The number of carbonyl (C=O) groups excluding carboxylic acids is 1. The summed E-state index contributed by atoms with van der Waals surface area (Å²) in [5, 5.41) is 4.40. The van der Waals surface area contributed by atoms with E-state index in [9.17, 15) is 18.0 Å². The topological polar surface area (TPSA) is 50.7 Å². The molecule has 0 fully saturated rings. The number of nitrogens with zero attached hydrogens (tertiary/aromatic N) is 1. The van der Waals surface area contributed by atoms with Crippen molar-refractivity contribution in [2.24, 2.45) is 5.10 Å². The molecule has 0 radical (unpaired) electrons. The van der Waals surface area contributed by atoms with E-state index in [1.54, 1.807) is 30.3 Å². The van der Waals surface area contributed by atoms with Crippen molar-refractivity contribution in [3.05, 3.63) is 100 Å². The van der Waals surface area contributed by atoms with Crippen molar-refractivity contribution in [1.82, 2.24) is 5.43 Å². The van der Waals surface area contributed by atoms with Crippen LogP contribution in [0.5, 0.6) is 5.75 Å². The van der Waals surface area contributed by atoms with E-state index < -0.39 is 17.6 Å². The fourth-order valence-electron chi connectivity index (χ4n) is 2.49. The van der Waals surface area contributed by atoms with Crippen LogP contribution in [0.3, 0.4) is 0 Å². The lowest BCUT2D eigenvalue weighted by Gasteiger charge is -2.08. The Balaban J connectivity index is 1.55. The number of hydrogen-bond acceptors (Lipinski definition) is 3. The fourth-order valence-corrected chi connectivity index (χ4v) is 2.68. The molecule has 3 aromatic rings. The van der Waals surface area contributed by atoms with Crippen LogP contribution in [0.2, 0.25) is 5.02 Å². The minimum atomic E-state index is -4.52. The molecule has 8 heteroatoms. The first-order valence-corrected chi connectivity index (χ1v) is 9.17. The minimum absolute atomic E-state index is 0.134. The molecule has 0 aromatic heterocycles. The average molecular weight is 433 g/mol. The van der Waals surface area contributed by atoms with Gasteiger partial charge in [-0.15, -0.1) is 0 Å². The van der Waals surface area contributed by atoms with Crippen molar-refractivity contribution in [3.8, 4) is 5.75 Å². The van der Waals surface area contributed by atoms with E-state index in [2.05, 4.69) is 10.5 Å². The number of amides is 1. The second-order valence-electron chi connectivity index (χ2n) is 6.23. The van der Waals surface area contributed by atoms with E-state index in [1.807, 2.05) is 18.2 Å². The molecule has 0 spiro atoms. The number of benzene rings is 3. The second-order valence-corrected chi connectivity index (χ2v) is 6.63. The third kappa shape index (κ3) is 5.84. The van der Waals surface area contributed by atoms with Gasteiger partial charge in [-0.25, -0.2) is 5.43 Å². The Hall–Kier alpha value is -3.32. The summed E-state index contributed by atoms with van der Waals surface area (Å²) in [5.41, 5.74) is 2.71. The third-order valence-corrected chi connectivity index (χ3v) is 4.43. The van der Waals surface area contributed by atoms with Gasteiger partial charge in [-0.3, -0.25) is 4.79 Å². The second kappa shape index (κ2) is 9.45. The molecule has 0 aliphatic rings. The lowest BCUT2D eigenvalue weighted by Crippen LogP contribution is -2.18. The number of rotatable bonds is 6. The van der Waals surface area contributed by atoms with Crippen LogP contribution in [0.25, 0.3) is 0 Å². The smallest absolute Gasteiger partial charge is 0.416 e. The first kappa shape index (κ1) is 21.4. The summed E-state index contributed by atoms with van der Waals surface area (Å²) >= 11 is 6.09. The Morgan fingerprint density at radius 3 is 2.47 bits per heavy atom. The number of carbonyl (C=O) groups is 1. The van der Waals surface area contributed by atoms with Crippen molar-refractivity contribution in [1.29, 1.82) is 0 Å². The maximum Gasteiger partial charge on any atom is 0.416 e. The summed E-state index contributed by atoms with van der Waals surface area (Å²) in [7, 11) is 0. The zero-order valence-electron chi connectivity index (χ0n) is 15.5. The van der Waals surface area contributed by atoms with E-state index in [1.165, 1.54) is 18.3 Å². The Kier molecular flexibility index (Phi) is 6.74. The zero-order chi connectivity index (χ0) is 21.6. The van der Waals surface area contributed by atoms with Gasteiger partial charge >= 0.3 is 6.18 Å². The molecule has 3 rings (SSSR count). The molecule has 3 aromatic carbocycles. The van der Waals surface area contributed by atoms with Crippen LogP contribution in [0, 0.1) is 0 Å². The molecule has 154 valence electrons. The summed E-state index contributed by atoms with van der Waals surface area (Å²) in [6.45, 7) is 0.320. The van der Waals surface area contributed by atoms with Crippen molar-refractivity contribution >= 4 is 23.7 Å². The van der Waals surface area contributed by atoms with Crippen LogP contribution in [0.4, 0.5) is 13.2 Å². The molecule has 0 aliphatic heterocycles. The highest BCUT2D eigenvalue weighted by atomic mass is 35.5. The Morgan fingerprint density at radius 2 is 1.77 bits per heavy atom. The highest BCUT2D eigenvalue weighted by molar-refractivity contribution is 6.31. The monoisotopic (exact) mass is 432 g/mol. The summed E-state index contributed by atoms with van der Waals surface area (Å²) in [4.78, 5) is 12.0. The van der Waals surface area contributed by atoms with Crippen LogP contribution in [0.1, 0.15) is 27.0 Å². The molecule has 30 heavy (non-hydrogen) atoms. The molecule has 0 aliphatic carbocycles. The summed E-state index contributed by atoms with van der Waals surface area (Å²) in [6, 6.07) is 18.4. The van der Waals surface area contributed by atoms with E-state index in [4.69, 9.17) is 16.3 Å². The predicted molar refractivity (Wildman–Crippen MR) is 109 cm³/mol. The molecule has 4 nitrogen and oxygen atoms in total. The number of nitrogens with one attached hydrogen (secondary N) is 1. The van der Waals surface area contributed by atoms with Crippen molar-refractivity contribution < 1.29 is 22.7 Å². The van der Waals surface area contributed by atoms with Crippen LogP contribution in [0.15, 0.2) is 77.9 Å². The van der Waals surface area contributed by atoms with E-state index >= 15 is 0 Å². The van der Waals surface area contributed by atoms with Crippen LogP contribution >= 0.6 is 11.6 Å². The van der Waals surface area contributed by atoms with Gasteiger partial charge in [0.2, 0.25) is 0 Å². The molecule has 0 bridgehead atoms. The largest absolute Gasteiger partial charge is 0.489 e. The first-order chi connectivity index (χ1) is 14.3. The van der Waals surface area contributed by atoms with Crippen molar-refractivity contribution in [2.45, 2.75) is 12.8 Å². The normalized spacial score (nSPS) is 11.5. The van der Waals surface area contributed by atoms with E-state index in [-0.39, 0.29) is 5.56 Å². The fraction of sp³-hybridized carbons (Fsp3) is 0.0909. The number of hydrazone groups is 1. The third-order valence-electron chi connectivity index (χ3n) is 4.06. The van der Waals surface area contributed by atoms with Crippen molar-refractivity contribution in [2.75, 3.05) is 0 Å². The van der Waals surface area contributed by atoms with Crippen molar-refractivity contribution in [3.63, 3.8) is 0 Å². The van der Waals surface area contributed by atoms with Crippen LogP contribution in [-0.2, 0) is 12.8 Å². The molecule has 0 saturated heterocycles. The lowest BCUT2D eigenvalue weighted by molar-refractivity contribution is -0.137. The summed E-state index contributed by atoms with van der Waals surface area (Å²) in [5.74, 6) is -0.114. The number of ether oxygens (including phenoxy) is 1. The quantitative estimate of drug-likeness (QED) is 0.401. The van der Waals surface area contributed by atoms with Crippen LogP contribution in [-0.4, -0.2) is 12.1 Å². The zero-order valence-corrected chi connectivity index (χ0v) is 16.2. The number of hydrogen-bond donors (Lipinski definition) is 1. The van der Waals surface area contributed by atoms with Gasteiger partial charge in [0, 0.05) is 16.1 Å². The molecule has 1 N–H and O–H groups in total. The standard InChI is InChI=1S/C22H16ClF3N2O2/c23-20-7-2-1-4-17(20)14-30-19-10-8-15(9-11-19)13-27-28-21(29)16-5-3-6-18(12-16)22(24,25)26/h1-13H,14H2,(H,28,29). The summed E-state index contributed by atoms with van der Waals surface area (Å²) in [6.07, 6.45) is -3.14. The first-order valence-electron chi connectivity index (χ1n) is 8.80.